The monoisotopic (exact) mass is 333 g/mol. The van der Waals surface area contributed by atoms with Crippen molar-refractivity contribution in [2.24, 2.45) is 5.92 Å². The summed E-state index contributed by atoms with van der Waals surface area (Å²) in [4.78, 5) is 0. The highest BCUT2D eigenvalue weighted by Crippen LogP contribution is 2.25. The Kier molecular flexibility index (Phi) is 8.95. The molecule has 1 aliphatic carbocycles. The van der Waals surface area contributed by atoms with E-state index < -0.39 is 10.1 Å². The van der Waals surface area contributed by atoms with Crippen molar-refractivity contribution in [1.82, 2.24) is 0 Å². The first-order valence-corrected chi connectivity index (χ1v) is 10.6. The Morgan fingerprint density at radius 3 is 2.00 bits per heavy atom. The van der Waals surface area contributed by atoms with E-state index in [1.807, 2.05) is 0 Å². The van der Waals surface area contributed by atoms with E-state index in [4.69, 9.17) is 0 Å². The fourth-order valence-corrected chi connectivity index (χ4v) is 4.03. The first-order valence-electron chi connectivity index (χ1n) is 9.04. The van der Waals surface area contributed by atoms with Gasteiger partial charge in [-0.3, -0.25) is 0 Å². The van der Waals surface area contributed by atoms with E-state index in [0.29, 0.717) is 6.42 Å². The number of hydrogen-bond acceptors (Lipinski definition) is 3. The van der Waals surface area contributed by atoms with Gasteiger partial charge in [0.1, 0.15) is 0 Å². The molecule has 1 saturated carbocycles. The molecule has 0 aromatic carbocycles. The Labute approximate surface area is 137 Å². The van der Waals surface area contributed by atoms with E-state index in [0.717, 1.165) is 29.9 Å². The molecule has 0 saturated heterocycles. The number of rotatable bonds is 8. The van der Waals surface area contributed by atoms with Crippen LogP contribution in [-0.4, -0.2) is 50.4 Å². The average molecular weight is 334 g/mol. The van der Waals surface area contributed by atoms with Gasteiger partial charge in [0.15, 0.2) is 0 Å². The highest BCUT2D eigenvalue weighted by atomic mass is 32.2. The standard InChI is InChI=1S/C17H35NO3S/c1-18(2,14-9-10-16-22(19,20)21)15-13-17-11-7-5-3-4-6-8-12-17/h17H,3-16H2,1-2H3. The third-order valence-corrected chi connectivity index (χ3v) is 5.81. The number of unbranched alkanes of at least 4 members (excludes halogenated alkanes) is 1. The van der Waals surface area contributed by atoms with Crippen molar-refractivity contribution >= 4 is 10.1 Å². The summed E-state index contributed by atoms with van der Waals surface area (Å²) in [6, 6.07) is 0. The lowest BCUT2D eigenvalue weighted by Gasteiger charge is -2.31. The molecule has 132 valence electrons. The van der Waals surface area contributed by atoms with E-state index in [1.54, 1.807) is 0 Å². The Morgan fingerprint density at radius 1 is 0.909 bits per heavy atom. The topological polar surface area (TPSA) is 57.2 Å². The van der Waals surface area contributed by atoms with Gasteiger partial charge in [-0.2, -0.15) is 0 Å². The lowest BCUT2D eigenvalue weighted by molar-refractivity contribution is -0.891. The van der Waals surface area contributed by atoms with Gasteiger partial charge in [0, 0.05) is 5.75 Å². The summed E-state index contributed by atoms with van der Waals surface area (Å²) in [7, 11) is 0.407. The fraction of sp³-hybridized carbons (Fsp3) is 1.00. The van der Waals surface area contributed by atoms with Crippen LogP contribution in [0, 0.1) is 5.92 Å². The summed E-state index contributed by atoms with van der Waals surface area (Å²) >= 11 is 0. The van der Waals surface area contributed by atoms with Crippen LogP contribution in [0.4, 0.5) is 0 Å². The van der Waals surface area contributed by atoms with Crippen LogP contribution in [0.5, 0.6) is 0 Å². The zero-order chi connectivity index (χ0) is 16.5. The van der Waals surface area contributed by atoms with Crippen LogP contribution >= 0.6 is 0 Å². The average Bonchev–Trinajstić information content (AvgIpc) is 2.54. The molecule has 5 heteroatoms. The second-order valence-corrected chi connectivity index (χ2v) is 9.23. The van der Waals surface area contributed by atoms with Crippen molar-refractivity contribution in [1.29, 1.82) is 0 Å². The zero-order valence-corrected chi connectivity index (χ0v) is 15.4. The molecule has 1 rings (SSSR count). The van der Waals surface area contributed by atoms with Crippen LogP contribution in [0.3, 0.4) is 0 Å². The molecule has 0 unspecified atom stereocenters. The van der Waals surface area contributed by atoms with E-state index >= 15 is 0 Å². The molecule has 0 aliphatic heterocycles. The zero-order valence-electron chi connectivity index (χ0n) is 14.6. The van der Waals surface area contributed by atoms with E-state index in [1.165, 1.54) is 57.8 Å². The van der Waals surface area contributed by atoms with Gasteiger partial charge >= 0.3 is 0 Å². The fourth-order valence-electron chi connectivity index (χ4n) is 3.47. The van der Waals surface area contributed by atoms with Gasteiger partial charge in [-0.1, -0.05) is 51.4 Å². The van der Waals surface area contributed by atoms with Gasteiger partial charge in [0.25, 0.3) is 0 Å². The van der Waals surface area contributed by atoms with Crippen LogP contribution in [0.1, 0.15) is 70.6 Å². The van der Waals surface area contributed by atoms with Crippen molar-refractivity contribution in [3.05, 3.63) is 0 Å². The third-order valence-electron chi connectivity index (χ3n) is 5.03. The quantitative estimate of drug-likeness (QED) is 0.388. The molecule has 0 aromatic rings. The summed E-state index contributed by atoms with van der Waals surface area (Å²) in [5, 5.41) is 0. The number of nitrogens with zero attached hydrogens (tertiary/aromatic N) is 1. The molecule has 0 radical (unpaired) electrons. The summed E-state index contributed by atoms with van der Waals surface area (Å²) in [5.74, 6) is 0.660. The van der Waals surface area contributed by atoms with Crippen molar-refractivity contribution < 1.29 is 17.5 Å². The molecule has 0 N–H and O–H groups in total. The maximum Gasteiger partial charge on any atom is 0.0945 e. The van der Waals surface area contributed by atoms with E-state index in [2.05, 4.69) is 14.1 Å². The predicted octanol–water partition coefficient (Wildman–Crippen LogP) is 3.53. The molecule has 1 aliphatic rings. The van der Waals surface area contributed by atoms with E-state index in [9.17, 15) is 13.0 Å². The number of hydrogen-bond donors (Lipinski definition) is 0. The molecule has 0 bridgehead atoms. The van der Waals surface area contributed by atoms with Crippen molar-refractivity contribution in [3.63, 3.8) is 0 Å². The normalized spacial score (nSPS) is 19.4. The highest BCUT2D eigenvalue weighted by molar-refractivity contribution is 7.85. The number of quaternary nitrogens is 1. The van der Waals surface area contributed by atoms with Gasteiger partial charge in [0.05, 0.1) is 37.3 Å². The second-order valence-electron chi connectivity index (χ2n) is 7.71. The first-order chi connectivity index (χ1) is 10.3. The molecular weight excluding hydrogens is 298 g/mol. The Hall–Kier alpha value is -0.130. The molecule has 0 atom stereocenters. The Balaban J connectivity index is 2.24. The maximum absolute atomic E-state index is 10.6. The summed E-state index contributed by atoms with van der Waals surface area (Å²) < 4.78 is 32.8. The molecular formula is C17H35NO3S. The van der Waals surface area contributed by atoms with Gasteiger partial charge in [-0.05, 0) is 25.2 Å². The summed E-state index contributed by atoms with van der Waals surface area (Å²) in [6.07, 6.45) is 13.8. The molecule has 1 fully saturated rings. The summed E-state index contributed by atoms with van der Waals surface area (Å²) in [5.41, 5.74) is 0. The smallest absolute Gasteiger partial charge is 0.0945 e. The first kappa shape index (κ1) is 19.9. The Bertz CT molecular complexity index is 383. The van der Waals surface area contributed by atoms with Crippen LogP contribution < -0.4 is 0 Å². The molecule has 0 aromatic heterocycles. The second kappa shape index (κ2) is 9.89. The Morgan fingerprint density at radius 2 is 1.45 bits per heavy atom. The van der Waals surface area contributed by atoms with Crippen LogP contribution in [-0.2, 0) is 10.1 Å². The van der Waals surface area contributed by atoms with Gasteiger partial charge < -0.3 is 9.04 Å². The van der Waals surface area contributed by atoms with Gasteiger partial charge in [-0.15, -0.1) is 0 Å². The predicted molar refractivity (Wildman–Crippen MR) is 90.7 cm³/mol. The molecule has 0 amide bonds. The van der Waals surface area contributed by atoms with E-state index in [-0.39, 0.29) is 5.75 Å². The van der Waals surface area contributed by atoms with Crippen LogP contribution in [0.15, 0.2) is 0 Å². The minimum absolute atomic E-state index is 0.213. The minimum atomic E-state index is -4.04. The van der Waals surface area contributed by atoms with Gasteiger partial charge in [0.2, 0.25) is 0 Å². The van der Waals surface area contributed by atoms with Crippen molar-refractivity contribution in [3.8, 4) is 0 Å². The highest BCUT2D eigenvalue weighted by Gasteiger charge is 2.18. The summed E-state index contributed by atoms with van der Waals surface area (Å²) in [6.45, 7) is 2.12. The molecule has 22 heavy (non-hydrogen) atoms. The molecule has 4 nitrogen and oxygen atoms in total. The minimum Gasteiger partial charge on any atom is -0.748 e. The van der Waals surface area contributed by atoms with Crippen molar-refractivity contribution in [2.45, 2.75) is 70.6 Å². The lowest BCUT2D eigenvalue weighted by Crippen LogP contribution is -2.42. The van der Waals surface area contributed by atoms with Crippen LogP contribution in [0.25, 0.3) is 0 Å². The third kappa shape index (κ3) is 10.6. The lowest BCUT2D eigenvalue weighted by atomic mass is 9.93. The van der Waals surface area contributed by atoms with Crippen LogP contribution in [0.2, 0.25) is 0 Å². The van der Waals surface area contributed by atoms with Crippen molar-refractivity contribution in [2.75, 3.05) is 32.9 Å². The largest absolute Gasteiger partial charge is 0.748 e. The molecule has 0 spiro atoms. The molecule has 0 heterocycles. The maximum atomic E-state index is 10.6. The van der Waals surface area contributed by atoms with Gasteiger partial charge in [-0.25, -0.2) is 8.42 Å². The SMILES string of the molecule is C[N+](C)(CCCCS(=O)(=O)[O-])CCC1CCCCCCCC1.